The molecule has 0 bridgehead atoms. The highest BCUT2D eigenvalue weighted by atomic mass is 32.2. The van der Waals surface area contributed by atoms with Crippen LogP contribution in [-0.4, -0.2) is 18.6 Å². The second kappa shape index (κ2) is 9.09. The Labute approximate surface area is 182 Å². The van der Waals surface area contributed by atoms with Crippen LogP contribution < -0.4 is 14.0 Å². The first kappa shape index (κ1) is 20.1. The summed E-state index contributed by atoms with van der Waals surface area (Å²) in [7, 11) is 2.07. The van der Waals surface area contributed by atoms with Crippen molar-refractivity contribution < 1.29 is 4.74 Å². The lowest BCUT2D eigenvalue weighted by Crippen LogP contribution is -2.08. The van der Waals surface area contributed by atoms with Crippen LogP contribution in [0.1, 0.15) is 12.6 Å². The third-order valence-electron chi connectivity index (χ3n) is 4.74. The first-order valence-corrected chi connectivity index (χ1v) is 10.7. The molecule has 1 aromatic heterocycles. The van der Waals surface area contributed by atoms with Gasteiger partial charge in [-0.05, 0) is 67.4 Å². The van der Waals surface area contributed by atoms with Crippen molar-refractivity contribution in [1.29, 1.82) is 0 Å². The molecule has 0 aliphatic heterocycles. The molecular formula is C25H24N3OS-. The van der Waals surface area contributed by atoms with E-state index < -0.39 is 0 Å². The van der Waals surface area contributed by atoms with Crippen molar-refractivity contribution >= 4 is 17.6 Å². The van der Waals surface area contributed by atoms with Gasteiger partial charge in [-0.1, -0.05) is 60.0 Å². The first-order chi connectivity index (χ1) is 14.7. The summed E-state index contributed by atoms with van der Waals surface area (Å²) in [5.74, 6) is 1.65. The maximum atomic E-state index is 5.54. The van der Waals surface area contributed by atoms with E-state index in [1.807, 2.05) is 62.4 Å². The molecule has 0 atom stereocenters. The topological polar surface area (TPSA) is 39.5 Å². The molecule has 0 aliphatic carbocycles. The van der Waals surface area contributed by atoms with Gasteiger partial charge in [-0.15, -0.1) is 0 Å². The van der Waals surface area contributed by atoms with Crippen molar-refractivity contribution in [2.24, 2.45) is 0 Å². The van der Waals surface area contributed by atoms with Crippen LogP contribution in [0.4, 0.5) is 5.69 Å². The van der Waals surface area contributed by atoms with E-state index in [-0.39, 0.29) is 0 Å². The van der Waals surface area contributed by atoms with Crippen LogP contribution in [0.15, 0.2) is 83.8 Å². The minimum absolute atomic E-state index is 0.671. The van der Waals surface area contributed by atoms with Gasteiger partial charge in [-0.3, -0.25) is 0 Å². The van der Waals surface area contributed by atoms with E-state index in [4.69, 9.17) is 14.7 Å². The number of hydrogen-bond acceptors (Lipinski definition) is 4. The monoisotopic (exact) mass is 414 g/mol. The number of rotatable bonds is 7. The van der Waals surface area contributed by atoms with Gasteiger partial charge in [-0.2, -0.15) is 0 Å². The summed E-state index contributed by atoms with van der Waals surface area (Å²) >= 11 is 1.67. The molecule has 0 spiro atoms. The smallest absolute Gasteiger partial charge is 0.119 e. The Morgan fingerprint density at radius 3 is 2.37 bits per heavy atom. The van der Waals surface area contributed by atoms with Crippen molar-refractivity contribution in [3.63, 3.8) is 0 Å². The summed E-state index contributed by atoms with van der Waals surface area (Å²) in [5.41, 5.74) is 5.05. The quantitative estimate of drug-likeness (QED) is 0.336. The minimum Gasteiger partial charge on any atom is -0.494 e. The molecule has 0 radical (unpaired) electrons. The second-order valence-corrected chi connectivity index (χ2v) is 8.06. The molecular weight excluding hydrogens is 390 g/mol. The number of aryl methyl sites for hydroxylation is 1. The van der Waals surface area contributed by atoms with E-state index in [1.165, 1.54) is 0 Å². The number of hydrogen-bond donors (Lipinski definition) is 0. The standard InChI is InChI=1S/C25H24N3OS/c1-4-29-20-14-16-21(17-15-20)30-28(3)23-13-9-8-12-22(23)24-18(2)26-25(27-24)19-10-6-5-7-11-19/h5-17H,4H2,1-3H3/q-1. The Hall–Kier alpha value is -3.18. The summed E-state index contributed by atoms with van der Waals surface area (Å²) in [4.78, 5) is 10.7. The lowest BCUT2D eigenvalue weighted by atomic mass is 10.1. The molecule has 0 fully saturated rings. The predicted molar refractivity (Wildman–Crippen MR) is 125 cm³/mol. The Kier molecular flexibility index (Phi) is 6.10. The molecule has 0 N–H and O–H groups in total. The van der Waals surface area contributed by atoms with Crippen LogP contribution in [-0.2, 0) is 0 Å². The van der Waals surface area contributed by atoms with E-state index >= 15 is 0 Å². The number of aromatic nitrogens is 2. The number of imidazole rings is 1. The molecule has 4 rings (SSSR count). The molecule has 1 heterocycles. The summed E-state index contributed by atoms with van der Waals surface area (Å²) < 4.78 is 7.71. The van der Waals surface area contributed by atoms with Crippen LogP contribution in [0.3, 0.4) is 0 Å². The summed E-state index contributed by atoms with van der Waals surface area (Å²) in [6.45, 7) is 4.68. The highest BCUT2D eigenvalue weighted by Crippen LogP contribution is 2.36. The maximum absolute atomic E-state index is 5.54. The fourth-order valence-corrected chi connectivity index (χ4v) is 4.15. The van der Waals surface area contributed by atoms with Crippen LogP contribution in [0.2, 0.25) is 0 Å². The third-order valence-corrected chi connectivity index (χ3v) is 5.70. The molecule has 0 saturated heterocycles. The highest BCUT2D eigenvalue weighted by Gasteiger charge is 2.11. The predicted octanol–water partition coefficient (Wildman–Crippen LogP) is 6.22. The van der Waals surface area contributed by atoms with E-state index in [9.17, 15) is 0 Å². The molecule has 0 amide bonds. The number of para-hydroxylation sites is 1. The number of benzene rings is 3. The van der Waals surface area contributed by atoms with Gasteiger partial charge in [0.15, 0.2) is 0 Å². The SMILES string of the molecule is CCOc1ccc(SN(C)c2ccccc2-c2[n-]c(-c3ccccc3)nc2C)cc1. The van der Waals surface area contributed by atoms with Gasteiger partial charge in [0.1, 0.15) is 5.75 Å². The van der Waals surface area contributed by atoms with Crippen LogP contribution >= 0.6 is 11.9 Å². The zero-order valence-corrected chi connectivity index (χ0v) is 18.2. The zero-order valence-electron chi connectivity index (χ0n) is 17.4. The average molecular weight is 415 g/mol. The van der Waals surface area contributed by atoms with Crippen molar-refractivity contribution in [2.75, 3.05) is 18.0 Å². The van der Waals surface area contributed by atoms with Crippen LogP contribution in [0.25, 0.3) is 22.6 Å². The molecule has 0 unspecified atom stereocenters. The molecule has 152 valence electrons. The Balaban J connectivity index is 1.62. The van der Waals surface area contributed by atoms with Gasteiger partial charge in [0.25, 0.3) is 0 Å². The third kappa shape index (κ3) is 4.36. The summed E-state index contributed by atoms with van der Waals surface area (Å²) in [6, 6.07) is 26.6. The van der Waals surface area contributed by atoms with Crippen LogP contribution in [0.5, 0.6) is 5.75 Å². The summed E-state index contributed by atoms with van der Waals surface area (Å²) in [6.07, 6.45) is 0. The second-order valence-electron chi connectivity index (χ2n) is 6.86. The first-order valence-electron chi connectivity index (χ1n) is 9.96. The van der Waals surface area contributed by atoms with Gasteiger partial charge in [0, 0.05) is 17.5 Å². The van der Waals surface area contributed by atoms with Crippen molar-refractivity contribution in [2.45, 2.75) is 18.7 Å². The van der Waals surface area contributed by atoms with E-state index in [2.05, 4.69) is 41.7 Å². The normalized spacial score (nSPS) is 10.8. The van der Waals surface area contributed by atoms with E-state index in [0.29, 0.717) is 6.61 Å². The molecule has 4 nitrogen and oxygen atoms in total. The fourth-order valence-electron chi connectivity index (χ4n) is 3.31. The molecule has 30 heavy (non-hydrogen) atoms. The lowest BCUT2D eigenvalue weighted by Gasteiger charge is -2.22. The van der Waals surface area contributed by atoms with Crippen molar-refractivity contribution in [1.82, 2.24) is 9.97 Å². The zero-order chi connectivity index (χ0) is 20.9. The summed E-state index contributed by atoms with van der Waals surface area (Å²) in [5, 5.41) is 0. The van der Waals surface area contributed by atoms with Gasteiger partial charge >= 0.3 is 0 Å². The molecule has 5 heteroatoms. The fraction of sp³-hybridized carbons (Fsp3) is 0.160. The van der Waals surface area contributed by atoms with Gasteiger partial charge in [-0.25, -0.2) is 0 Å². The minimum atomic E-state index is 0.671. The molecule has 3 aromatic carbocycles. The number of anilines is 1. The molecule has 0 saturated carbocycles. The molecule has 0 aliphatic rings. The number of ether oxygens (including phenoxy) is 1. The highest BCUT2D eigenvalue weighted by molar-refractivity contribution is 8.00. The van der Waals surface area contributed by atoms with E-state index in [1.54, 1.807) is 11.9 Å². The van der Waals surface area contributed by atoms with E-state index in [0.717, 1.165) is 44.7 Å². The van der Waals surface area contributed by atoms with Crippen molar-refractivity contribution in [3.8, 4) is 28.4 Å². The largest absolute Gasteiger partial charge is 0.494 e. The van der Waals surface area contributed by atoms with Gasteiger partial charge < -0.3 is 19.0 Å². The Morgan fingerprint density at radius 2 is 1.63 bits per heavy atom. The average Bonchev–Trinajstić information content (AvgIpc) is 3.17. The lowest BCUT2D eigenvalue weighted by molar-refractivity contribution is 0.340. The Bertz CT molecular complexity index is 1110. The van der Waals surface area contributed by atoms with Crippen molar-refractivity contribution in [3.05, 3.63) is 84.6 Å². The van der Waals surface area contributed by atoms with Gasteiger partial charge in [0.05, 0.1) is 12.3 Å². The van der Waals surface area contributed by atoms with Gasteiger partial charge in [0.2, 0.25) is 0 Å². The Morgan fingerprint density at radius 1 is 0.933 bits per heavy atom. The molecule has 4 aromatic rings. The number of nitrogens with zero attached hydrogens (tertiary/aromatic N) is 3. The van der Waals surface area contributed by atoms with Crippen LogP contribution in [0, 0.1) is 6.92 Å². The maximum Gasteiger partial charge on any atom is 0.119 e.